The molecule has 0 amide bonds. The quantitative estimate of drug-likeness (QED) is 0.560. The van der Waals surface area contributed by atoms with Gasteiger partial charge >= 0.3 is 0 Å². The van der Waals surface area contributed by atoms with Crippen LogP contribution in [0.4, 0.5) is 0 Å². The van der Waals surface area contributed by atoms with Crippen molar-refractivity contribution in [1.82, 2.24) is 14.5 Å². The number of hydrogen-bond acceptors (Lipinski definition) is 2. The van der Waals surface area contributed by atoms with Crippen LogP contribution in [0, 0.1) is 0 Å². The van der Waals surface area contributed by atoms with Gasteiger partial charge in [0.2, 0.25) is 0 Å². The summed E-state index contributed by atoms with van der Waals surface area (Å²) in [5.41, 5.74) is 3.30. The predicted octanol–water partition coefficient (Wildman–Crippen LogP) is 5.28. The Morgan fingerprint density at radius 1 is 0.960 bits per heavy atom. The molecule has 3 rings (SSSR count). The van der Waals surface area contributed by atoms with Gasteiger partial charge in [-0.3, -0.25) is 0 Å². The molecule has 0 saturated heterocycles. The Morgan fingerprint density at radius 3 is 2.32 bits per heavy atom. The van der Waals surface area contributed by atoms with Crippen LogP contribution in [-0.4, -0.2) is 34.1 Å². The minimum atomic E-state index is 0.745. The highest BCUT2D eigenvalue weighted by Gasteiger charge is 2.13. The Bertz CT molecular complexity index is 836. The first-order valence-corrected chi connectivity index (χ1v) is 9.47. The van der Waals surface area contributed by atoms with Crippen molar-refractivity contribution in [2.24, 2.45) is 0 Å². The Hall–Kier alpha value is -1.55. The second-order valence-corrected chi connectivity index (χ2v) is 7.02. The van der Waals surface area contributed by atoms with Crippen molar-refractivity contribution in [2.45, 2.75) is 26.8 Å². The maximum absolute atomic E-state index is 6.23. The summed E-state index contributed by atoms with van der Waals surface area (Å²) in [6.45, 7) is 8.40. The van der Waals surface area contributed by atoms with E-state index in [4.69, 9.17) is 28.2 Å². The third kappa shape index (κ3) is 4.35. The molecule has 25 heavy (non-hydrogen) atoms. The maximum Gasteiger partial charge on any atom is 0.114 e. The number of imidazole rings is 1. The average Bonchev–Trinajstić information content (AvgIpc) is 2.94. The van der Waals surface area contributed by atoms with E-state index in [2.05, 4.69) is 35.4 Å². The molecule has 0 aliphatic carbocycles. The molecule has 2 aromatic carbocycles. The van der Waals surface area contributed by atoms with Crippen molar-refractivity contribution in [3.8, 4) is 0 Å². The number of likely N-dealkylation sites (N-methyl/N-ethyl adjacent to an activating group) is 1. The summed E-state index contributed by atoms with van der Waals surface area (Å²) in [6, 6.07) is 13.9. The minimum Gasteiger partial charge on any atom is -0.326 e. The van der Waals surface area contributed by atoms with Gasteiger partial charge in [0.15, 0.2) is 0 Å². The van der Waals surface area contributed by atoms with Gasteiger partial charge in [-0.2, -0.15) is 0 Å². The summed E-state index contributed by atoms with van der Waals surface area (Å²) >= 11 is 12.2. The summed E-state index contributed by atoms with van der Waals surface area (Å²) in [5.74, 6) is 1.06. The van der Waals surface area contributed by atoms with Crippen molar-refractivity contribution in [2.75, 3.05) is 19.6 Å². The van der Waals surface area contributed by atoms with E-state index in [1.807, 2.05) is 30.3 Å². The smallest absolute Gasteiger partial charge is 0.114 e. The van der Waals surface area contributed by atoms with Crippen molar-refractivity contribution >= 4 is 34.2 Å². The van der Waals surface area contributed by atoms with Crippen LogP contribution in [0.3, 0.4) is 0 Å². The van der Waals surface area contributed by atoms with Crippen LogP contribution in [0.2, 0.25) is 10.0 Å². The Morgan fingerprint density at radius 2 is 1.64 bits per heavy atom. The number of nitrogens with zero attached hydrogens (tertiary/aromatic N) is 3. The summed E-state index contributed by atoms with van der Waals surface area (Å²) in [5, 5.41) is 1.50. The molecular weight excluding hydrogens is 353 g/mol. The number of benzene rings is 2. The maximum atomic E-state index is 6.23. The van der Waals surface area contributed by atoms with E-state index < -0.39 is 0 Å². The van der Waals surface area contributed by atoms with E-state index in [1.165, 1.54) is 5.56 Å². The van der Waals surface area contributed by atoms with Crippen LogP contribution in [0.15, 0.2) is 42.5 Å². The van der Waals surface area contributed by atoms with E-state index in [1.54, 1.807) is 0 Å². The van der Waals surface area contributed by atoms with Crippen LogP contribution >= 0.6 is 23.2 Å². The number of fused-ring (bicyclic) bond motifs is 1. The molecule has 0 unspecified atom stereocenters. The Kier molecular flexibility index (Phi) is 6.00. The minimum absolute atomic E-state index is 0.745. The summed E-state index contributed by atoms with van der Waals surface area (Å²) in [7, 11) is 0. The SMILES string of the molecule is CCN(CC)CCn1c(Cc2ccc(Cl)cc2)nc2ccc(Cl)cc21. The van der Waals surface area contributed by atoms with Crippen LogP contribution in [0.5, 0.6) is 0 Å². The number of halogens is 2. The van der Waals surface area contributed by atoms with E-state index >= 15 is 0 Å². The van der Waals surface area contributed by atoms with Crippen molar-refractivity contribution < 1.29 is 0 Å². The summed E-state index contributed by atoms with van der Waals surface area (Å²) < 4.78 is 2.30. The first-order chi connectivity index (χ1) is 12.1. The van der Waals surface area contributed by atoms with Gasteiger partial charge in [-0.05, 0) is 49.0 Å². The highest BCUT2D eigenvalue weighted by Crippen LogP contribution is 2.23. The third-order valence-corrected chi connectivity index (χ3v) is 5.09. The zero-order valence-electron chi connectivity index (χ0n) is 14.7. The molecule has 0 saturated carbocycles. The van der Waals surface area contributed by atoms with Crippen molar-refractivity contribution in [3.63, 3.8) is 0 Å². The molecule has 0 aliphatic rings. The molecule has 3 nitrogen and oxygen atoms in total. The zero-order chi connectivity index (χ0) is 17.8. The summed E-state index contributed by atoms with van der Waals surface area (Å²) in [4.78, 5) is 7.27. The molecule has 0 bridgehead atoms. The number of rotatable bonds is 7. The first-order valence-electron chi connectivity index (χ1n) is 8.72. The molecule has 0 spiro atoms. The van der Waals surface area contributed by atoms with Gasteiger partial charge in [-0.1, -0.05) is 49.2 Å². The monoisotopic (exact) mass is 375 g/mol. The second kappa shape index (κ2) is 8.22. The Balaban J connectivity index is 1.95. The highest BCUT2D eigenvalue weighted by molar-refractivity contribution is 6.31. The predicted molar refractivity (Wildman–Crippen MR) is 107 cm³/mol. The lowest BCUT2D eigenvalue weighted by atomic mass is 10.1. The fourth-order valence-electron chi connectivity index (χ4n) is 3.10. The third-order valence-electron chi connectivity index (χ3n) is 4.60. The lowest BCUT2D eigenvalue weighted by molar-refractivity contribution is 0.291. The molecule has 0 atom stereocenters. The zero-order valence-corrected chi connectivity index (χ0v) is 16.2. The van der Waals surface area contributed by atoms with Crippen LogP contribution in [0.25, 0.3) is 11.0 Å². The van der Waals surface area contributed by atoms with Gasteiger partial charge < -0.3 is 9.47 Å². The lowest BCUT2D eigenvalue weighted by Crippen LogP contribution is -2.27. The summed E-state index contributed by atoms with van der Waals surface area (Å²) in [6.07, 6.45) is 0.779. The molecule has 5 heteroatoms. The van der Waals surface area contributed by atoms with Gasteiger partial charge in [-0.15, -0.1) is 0 Å². The van der Waals surface area contributed by atoms with Crippen molar-refractivity contribution in [1.29, 1.82) is 0 Å². The van der Waals surface area contributed by atoms with Gasteiger partial charge in [0.25, 0.3) is 0 Å². The lowest BCUT2D eigenvalue weighted by Gasteiger charge is -2.19. The first kappa shape index (κ1) is 18.2. The molecular formula is C20H23Cl2N3. The largest absolute Gasteiger partial charge is 0.326 e. The van der Waals surface area contributed by atoms with E-state index in [9.17, 15) is 0 Å². The average molecular weight is 376 g/mol. The molecule has 0 aliphatic heterocycles. The molecule has 1 heterocycles. The van der Waals surface area contributed by atoms with Crippen LogP contribution in [0.1, 0.15) is 25.2 Å². The Labute approximate surface area is 159 Å². The highest BCUT2D eigenvalue weighted by atomic mass is 35.5. The van der Waals surface area contributed by atoms with E-state index in [0.29, 0.717) is 0 Å². The van der Waals surface area contributed by atoms with E-state index in [-0.39, 0.29) is 0 Å². The fourth-order valence-corrected chi connectivity index (χ4v) is 3.39. The van der Waals surface area contributed by atoms with Gasteiger partial charge in [0.05, 0.1) is 11.0 Å². The number of aromatic nitrogens is 2. The number of hydrogen-bond donors (Lipinski definition) is 0. The van der Waals surface area contributed by atoms with Crippen LogP contribution < -0.4 is 0 Å². The van der Waals surface area contributed by atoms with E-state index in [0.717, 1.165) is 59.5 Å². The van der Waals surface area contributed by atoms with Gasteiger partial charge in [-0.25, -0.2) is 4.98 Å². The molecule has 132 valence electrons. The molecule has 1 aromatic heterocycles. The fraction of sp³-hybridized carbons (Fsp3) is 0.350. The molecule has 0 radical (unpaired) electrons. The second-order valence-electron chi connectivity index (χ2n) is 6.14. The van der Waals surface area contributed by atoms with Crippen LogP contribution in [-0.2, 0) is 13.0 Å². The standard InChI is InChI=1S/C20H23Cl2N3/c1-3-24(4-2)11-12-25-19-14-17(22)9-10-18(19)23-20(25)13-15-5-7-16(21)8-6-15/h5-10,14H,3-4,11-13H2,1-2H3. The molecule has 0 fully saturated rings. The van der Waals surface area contributed by atoms with Gasteiger partial charge in [0, 0.05) is 29.6 Å². The molecule has 3 aromatic rings. The van der Waals surface area contributed by atoms with Gasteiger partial charge in [0.1, 0.15) is 5.82 Å². The topological polar surface area (TPSA) is 21.1 Å². The normalized spacial score (nSPS) is 11.6. The molecule has 0 N–H and O–H groups in total. The van der Waals surface area contributed by atoms with Crippen molar-refractivity contribution in [3.05, 3.63) is 63.9 Å².